The van der Waals surface area contributed by atoms with Crippen molar-refractivity contribution in [3.63, 3.8) is 0 Å². The number of nitrogens with zero attached hydrogens (tertiary/aromatic N) is 4. The summed E-state index contributed by atoms with van der Waals surface area (Å²) < 4.78 is 1.74. The Morgan fingerprint density at radius 2 is 1.65 bits per heavy atom. The van der Waals surface area contributed by atoms with Gasteiger partial charge in [0, 0.05) is 10.0 Å². The zero-order valence-electron chi connectivity index (χ0n) is 13.5. The molecule has 5 nitrogen and oxygen atoms in total. The molecule has 4 aromatic rings. The third-order valence-electron chi connectivity index (χ3n) is 3.79. The summed E-state index contributed by atoms with van der Waals surface area (Å²) in [5.74, 6) is 1.21. The van der Waals surface area contributed by atoms with Crippen LogP contribution in [0.3, 0.4) is 0 Å². The molecule has 0 unspecified atom stereocenters. The molecule has 2 heterocycles. The third-order valence-corrected chi connectivity index (χ3v) is 4.61. The van der Waals surface area contributed by atoms with Gasteiger partial charge in [-0.15, -0.1) is 0 Å². The number of aromatic nitrogens is 4. The molecule has 0 aliphatic heterocycles. The van der Waals surface area contributed by atoms with E-state index in [1.165, 1.54) is 0 Å². The van der Waals surface area contributed by atoms with Gasteiger partial charge < -0.3 is 5.32 Å². The van der Waals surface area contributed by atoms with Crippen LogP contribution in [0.2, 0.25) is 15.1 Å². The van der Waals surface area contributed by atoms with E-state index < -0.39 is 0 Å². The van der Waals surface area contributed by atoms with Crippen molar-refractivity contribution in [2.75, 3.05) is 5.32 Å². The topological polar surface area (TPSA) is 55.6 Å². The lowest BCUT2D eigenvalue weighted by Crippen LogP contribution is -2.02. The number of aryl methyl sites for hydroxylation is 1. The van der Waals surface area contributed by atoms with Crippen molar-refractivity contribution >= 4 is 57.3 Å². The number of nitrogens with one attached hydrogen (secondary N) is 1. The summed E-state index contributed by atoms with van der Waals surface area (Å²) in [6.45, 7) is 1.82. The van der Waals surface area contributed by atoms with Gasteiger partial charge in [-0.3, -0.25) is 0 Å². The summed E-state index contributed by atoms with van der Waals surface area (Å²) in [5.41, 5.74) is 2.20. The molecule has 0 spiro atoms. The summed E-state index contributed by atoms with van der Waals surface area (Å²) in [7, 11) is 0. The van der Waals surface area contributed by atoms with Crippen molar-refractivity contribution < 1.29 is 0 Å². The lowest BCUT2D eigenvalue weighted by atomic mass is 10.3. The van der Waals surface area contributed by atoms with Gasteiger partial charge in [-0.25, -0.2) is 14.6 Å². The van der Waals surface area contributed by atoms with Crippen LogP contribution in [0.25, 0.3) is 16.7 Å². The minimum absolute atomic E-state index is 0.545. The molecule has 2 aromatic carbocycles. The zero-order valence-corrected chi connectivity index (χ0v) is 15.8. The fraction of sp³-hybridized carbons (Fsp3) is 0.0556. The molecular formula is C18H12Cl3N5. The molecular weight excluding hydrogens is 393 g/mol. The first-order valence-corrected chi connectivity index (χ1v) is 8.85. The molecule has 4 rings (SSSR count). The van der Waals surface area contributed by atoms with Gasteiger partial charge in [-0.2, -0.15) is 5.10 Å². The minimum Gasteiger partial charge on any atom is -0.338 e. The Kier molecular flexibility index (Phi) is 4.44. The number of benzene rings is 2. The van der Waals surface area contributed by atoms with E-state index in [1.54, 1.807) is 29.1 Å². The maximum atomic E-state index is 6.26. The molecule has 0 fully saturated rings. The first kappa shape index (κ1) is 17.1. The van der Waals surface area contributed by atoms with Crippen molar-refractivity contribution in [2.24, 2.45) is 0 Å². The van der Waals surface area contributed by atoms with E-state index in [2.05, 4.69) is 20.4 Å². The Labute approximate surface area is 164 Å². The summed E-state index contributed by atoms with van der Waals surface area (Å²) in [4.78, 5) is 9.02. The molecule has 0 saturated heterocycles. The van der Waals surface area contributed by atoms with Crippen LogP contribution < -0.4 is 5.32 Å². The predicted octanol–water partition coefficient (Wildman–Crippen LogP) is 5.83. The highest BCUT2D eigenvalue weighted by Gasteiger charge is 2.14. The maximum Gasteiger partial charge on any atom is 0.168 e. The van der Waals surface area contributed by atoms with Gasteiger partial charge in [0.05, 0.1) is 28.0 Å². The van der Waals surface area contributed by atoms with E-state index in [0.29, 0.717) is 38.0 Å². The summed E-state index contributed by atoms with van der Waals surface area (Å²) in [5, 5.41) is 10.2. The second-order valence-corrected chi connectivity index (χ2v) is 6.92. The average Bonchev–Trinajstić information content (AvgIpc) is 3.03. The number of halogens is 3. The summed E-state index contributed by atoms with van der Waals surface area (Å²) in [6, 6.07) is 12.6. The lowest BCUT2D eigenvalue weighted by molar-refractivity contribution is 0.890. The second kappa shape index (κ2) is 6.76. The molecule has 0 saturated carbocycles. The Bertz CT molecular complexity index is 1110. The first-order valence-electron chi connectivity index (χ1n) is 7.71. The normalized spacial score (nSPS) is 11.1. The van der Waals surface area contributed by atoms with Crippen LogP contribution in [0.5, 0.6) is 0 Å². The molecule has 130 valence electrons. The number of rotatable bonds is 3. The zero-order chi connectivity index (χ0) is 18.3. The van der Waals surface area contributed by atoms with Crippen LogP contribution in [0.4, 0.5) is 11.5 Å². The lowest BCUT2D eigenvalue weighted by Gasteiger charge is -2.10. The Morgan fingerprint density at radius 3 is 2.42 bits per heavy atom. The molecule has 0 bridgehead atoms. The van der Waals surface area contributed by atoms with E-state index in [4.69, 9.17) is 34.8 Å². The number of anilines is 2. The summed E-state index contributed by atoms with van der Waals surface area (Å²) in [6.07, 6.45) is 1.71. The molecule has 0 radical (unpaired) electrons. The molecule has 26 heavy (non-hydrogen) atoms. The van der Waals surface area contributed by atoms with Crippen molar-refractivity contribution in [3.8, 4) is 5.69 Å². The Balaban J connectivity index is 1.84. The molecule has 2 aromatic heterocycles. The van der Waals surface area contributed by atoms with E-state index >= 15 is 0 Å². The van der Waals surface area contributed by atoms with E-state index in [-0.39, 0.29) is 0 Å². The van der Waals surface area contributed by atoms with Gasteiger partial charge in [-0.1, -0.05) is 34.8 Å². The van der Waals surface area contributed by atoms with Gasteiger partial charge in [-0.05, 0) is 49.4 Å². The first-order chi connectivity index (χ1) is 12.5. The van der Waals surface area contributed by atoms with Gasteiger partial charge in [0.2, 0.25) is 0 Å². The van der Waals surface area contributed by atoms with E-state index in [0.717, 1.165) is 11.1 Å². The highest BCUT2D eigenvalue weighted by Crippen LogP contribution is 2.31. The summed E-state index contributed by atoms with van der Waals surface area (Å²) >= 11 is 18.3. The van der Waals surface area contributed by atoms with Crippen LogP contribution in [0.1, 0.15) is 5.82 Å². The molecule has 0 aliphatic carbocycles. The highest BCUT2D eigenvalue weighted by molar-refractivity contribution is 6.35. The van der Waals surface area contributed by atoms with Crippen LogP contribution in [-0.2, 0) is 0 Å². The quantitative estimate of drug-likeness (QED) is 0.467. The van der Waals surface area contributed by atoms with Crippen molar-refractivity contribution in [2.45, 2.75) is 6.92 Å². The smallest absolute Gasteiger partial charge is 0.168 e. The van der Waals surface area contributed by atoms with E-state index in [9.17, 15) is 0 Å². The van der Waals surface area contributed by atoms with Crippen molar-refractivity contribution in [1.82, 2.24) is 19.7 Å². The van der Waals surface area contributed by atoms with Gasteiger partial charge in [0.25, 0.3) is 0 Å². The Hall–Kier alpha value is -2.34. The average molecular weight is 405 g/mol. The van der Waals surface area contributed by atoms with Crippen LogP contribution in [0, 0.1) is 6.92 Å². The van der Waals surface area contributed by atoms with Crippen molar-refractivity contribution in [3.05, 3.63) is 69.6 Å². The Morgan fingerprint density at radius 1 is 0.923 bits per heavy atom. The molecule has 1 N–H and O–H groups in total. The molecule has 0 atom stereocenters. The highest BCUT2D eigenvalue weighted by atomic mass is 35.5. The van der Waals surface area contributed by atoms with Crippen LogP contribution in [0.15, 0.2) is 48.7 Å². The molecule has 8 heteroatoms. The predicted molar refractivity (Wildman–Crippen MR) is 106 cm³/mol. The number of hydrogen-bond acceptors (Lipinski definition) is 4. The van der Waals surface area contributed by atoms with Gasteiger partial charge >= 0.3 is 0 Å². The SMILES string of the molecule is Cc1nc(Nc2cc(Cl)ccc2Cl)c2cnn(-c3ccc(Cl)cc3)c2n1. The van der Waals surface area contributed by atoms with Crippen LogP contribution in [-0.4, -0.2) is 19.7 Å². The molecule has 0 amide bonds. The van der Waals surface area contributed by atoms with Gasteiger partial charge in [0.15, 0.2) is 5.65 Å². The largest absolute Gasteiger partial charge is 0.338 e. The van der Waals surface area contributed by atoms with Crippen molar-refractivity contribution in [1.29, 1.82) is 0 Å². The number of hydrogen-bond donors (Lipinski definition) is 1. The monoisotopic (exact) mass is 403 g/mol. The van der Waals surface area contributed by atoms with Crippen LogP contribution >= 0.6 is 34.8 Å². The maximum absolute atomic E-state index is 6.26. The third kappa shape index (κ3) is 3.21. The second-order valence-electron chi connectivity index (χ2n) is 5.64. The van der Waals surface area contributed by atoms with E-state index in [1.807, 2.05) is 31.2 Å². The number of fused-ring (bicyclic) bond motifs is 1. The molecule has 0 aliphatic rings. The standard InChI is InChI=1S/C18H12Cl3N5/c1-10-23-17(25-16-8-12(20)4-7-15(16)21)14-9-22-26(18(14)24-10)13-5-2-11(19)3-6-13/h2-9H,1H3,(H,23,24,25). The van der Waals surface area contributed by atoms with Gasteiger partial charge in [0.1, 0.15) is 11.6 Å². The minimum atomic E-state index is 0.545. The fourth-order valence-electron chi connectivity index (χ4n) is 2.60. The fourth-order valence-corrected chi connectivity index (χ4v) is 3.07.